The molecule has 0 unspecified atom stereocenters. The Bertz CT molecular complexity index is 710. The Morgan fingerprint density at radius 1 is 1.17 bits per heavy atom. The summed E-state index contributed by atoms with van der Waals surface area (Å²) in [6, 6.07) is -2.64. The Labute approximate surface area is 167 Å². The normalized spacial score (nSPS) is 19.0. The predicted octanol–water partition coefficient (Wildman–Crippen LogP) is -0.942. The van der Waals surface area contributed by atoms with Crippen LogP contribution in [0.2, 0.25) is 0 Å². The van der Waals surface area contributed by atoms with Crippen LogP contribution in [0.5, 0.6) is 0 Å². The molecule has 0 aromatic carbocycles. The van der Waals surface area contributed by atoms with Crippen molar-refractivity contribution in [3.63, 3.8) is 0 Å². The molecule has 12 nitrogen and oxygen atoms in total. The second-order valence-electron chi connectivity index (χ2n) is 6.99. The third kappa shape index (κ3) is 6.69. The third-order valence-corrected chi connectivity index (χ3v) is 4.76. The molecule has 29 heavy (non-hydrogen) atoms. The van der Waals surface area contributed by atoms with Gasteiger partial charge in [0, 0.05) is 19.2 Å². The van der Waals surface area contributed by atoms with Gasteiger partial charge in [0.15, 0.2) is 0 Å². The Kier molecular flexibility index (Phi) is 8.36. The maximum Gasteiger partial charge on any atom is 0.327 e. The number of nitrogens with one attached hydrogen (secondary N) is 2. The van der Waals surface area contributed by atoms with Gasteiger partial charge in [-0.1, -0.05) is 0 Å². The standard InChI is InChI=1S/C17H28N6O6/c18-6-2-1-4-12(15(24)25)20-22-9-11(19-10-22)8-13(16(26)27)21-23-7-3-5-14(23)17(28)29/h9-10,12-14,20-21H,1-8,18H2,(H,24,25)(H,26,27)(H,28,29)/t12-,13-,14-/m0/s1. The first kappa shape index (κ1) is 22.6. The molecular formula is C17H28N6O6. The molecule has 0 aliphatic carbocycles. The number of hydrogen-bond donors (Lipinski definition) is 6. The molecule has 1 saturated heterocycles. The number of carboxylic acid groups (broad SMARTS) is 3. The average Bonchev–Trinajstić information content (AvgIpc) is 3.29. The van der Waals surface area contributed by atoms with E-state index < -0.39 is 36.0 Å². The van der Waals surface area contributed by atoms with E-state index in [1.807, 2.05) is 0 Å². The van der Waals surface area contributed by atoms with Crippen molar-refractivity contribution in [3.05, 3.63) is 18.2 Å². The summed E-state index contributed by atoms with van der Waals surface area (Å²) in [5.74, 6) is -3.13. The highest BCUT2D eigenvalue weighted by Gasteiger charge is 2.33. The highest BCUT2D eigenvalue weighted by atomic mass is 16.4. The van der Waals surface area contributed by atoms with Crippen molar-refractivity contribution in [3.8, 4) is 0 Å². The van der Waals surface area contributed by atoms with Gasteiger partial charge in [0.05, 0.1) is 5.69 Å². The third-order valence-electron chi connectivity index (χ3n) is 4.76. The SMILES string of the molecule is NCCCC[C@H](Nn1cnc(C[C@H](NN2CCC[C@H]2C(=O)O)C(=O)O)c1)C(=O)O. The average molecular weight is 412 g/mol. The molecule has 12 heteroatoms. The lowest BCUT2D eigenvalue weighted by Crippen LogP contribution is -2.53. The van der Waals surface area contributed by atoms with Gasteiger partial charge in [-0.3, -0.25) is 14.3 Å². The quantitative estimate of drug-likeness (QED) is 0.220. The molecule has 1 aromatic heterocycles. The summed E-state index contributed by atoms with van der Waals surface area (Å²) in [5, 5.41) is 29.5. The van der Waals surface area contributed by atoms with Crippen LogP contribution < -0.4 is 16.6 Å². The number of carboxylic acids is 3. The summed E-state index contributed by atoms with van der Waals surface area (Å²) < 4.78 is 1.39. The van der Waals surface area contributed by atoms with E-state index in [1.54, 1.807) is 0 Å². The zero-order valence-corrected chi connectivity index (χ0v) is 16.0. The van der Waals surface area contributed by atoms with E-state index in [9.17, 15) is 29.7 Å². The first-order valence-electron chi connectivity index (χ1n) is 9.52. The topological polar surface area (TPSA) is 183 Å². The summed E-state index contributed by atoms with van der Waals surface area (Å²) in [5.41, 5.74) is 11.4. The molecule has 0 amide bonds. The maximum atomic E-state index is 11.6. The summed E-state index contributed by atoms with van der Waals surface area (Å²) in [6.45, 7) is 0.935. The monoisotopic (exact) mass is 412 g/mol. The molecule has 0 bridgehead atoms. The number of imidazole rings is 1. The Hall–Kier alpha value is -2.70. The zero-order chi connectivity index (χ0) is 21.4. The summed E-state index contributed by atoms with van der Waals surface area (Å²) in [4.78, 5) is 38.4. The lowest BCUT2D eigenvalue weighted by molar-refractivity contribution is -0.147. The maximum absolute atomic E-state index is 11.6. The first-order valence-corrected chi connectivity index (χ1v) is 9.52. The van der Waals surface area contributed by atoms with Gasteiger partial charge >= 0.3 is 17.9 Å². The van der Waals surface area contributed by atoms with Crippen molar-refractivity contribution < 1.29 is 29.7 Å². The van der Waals surface area contributed by atoms with Crippen molar-refractivity contribution in [2.45, 2.75) is 56.7 Å². The molecule has 3 atom stereocenters. The van der Waals surface area contributed by atoms with E-state index in [4.69, 9.17) is 5.73 Å². The Balaban J connectivity index is 1.97. The van der Waals surface area contributed by atoms with Crippen molar-refractivity contribution in [1.29, 1.82) is 0 Å². The first-order chi connectivity index (χ1) is 13.8. The summed E-state index contributed by atoms with van der Waals surface area (Å²) in [6.07, 6.45) is 5.80. The molecule has 162 valence electrons. The lowest BCUT2D eigenvalue weighted by atomic mass is 10.1. The van der Waals surface area contributed by atoms with Crippen LogP contribution in [0.15, 0.2) is 12.5 Å². The number of aromatic nitrogens is 2. The second-order valence-corrected chi connectivity index (χ2v) is 6.99. The van der Waals surface area contributed by atoms with Crippen LogP contribution in [0.4, 0.5) is 0 Å². The fraction of sp³-hybridized carbons (Fsp3) is 0.647. The van der Waals surface area contributed by atoms with Crippen LogP contribution in [-0.4, -0.2) is 79.1 Å². The molecule has 2 heterocycles. The van der Waals surface area contributed by atoms with Gasteiger partial charge < -0.3 is 26.5 Å². The minimum Gasteiger partial charge on any atom is -0.480 e. The van der Waals surface area contributed by atoms with Crippen molar-refractivity contribution in [1.82, 2.24) is 20.1 Å². The van der Waals surface area contributed by atoms with Gasteiger partial charge in [-0.2, -0.15) is 0 Å². The number of unbranched alkanes of at least 4 members (excludes halogenated alkanes) is 1. The van der Waals surface area contributed by atoms with Crippen molar-refractivity contribution >= 4 is 17.9 Å². The van der Waals surface area contributed by atoms with Gasteiger partial charge in [-0.05, 0) is 38.6 Å². The number of hydrazine groups is 1. The van der Waals surface area contributed by atoms with Crippen LogP contribution in [0, 0.1) is 0 Å². The van der Waals surface area contributed by atoms with Crippen LogP contribution in [0.25, 0.3) is 0 Å². The molecule has 1 fully saturated rings. The molecule has 1 aliphatic rings. The van der Waals surface area contributed by atoms with Crippen LogP contribution in [0.1, 0.15) is 37.8 Å². The van der Waals surface area contributed by atoms with E-state index in [0.717, 1.165) is 6.42 Å². The summed E-state index contributed by atoms with van der Waals surface area (Å²) >= 11 is 0. The minimum atomic E-state index is -1.13. The van der Waals surface area contributed by atoms with Gasteiger partial charge in [0.25, 0.3) is 0 Å². The molecular weight excluding hydrogens is 384 g/mol. The van der Waals surface area contributed by atoms with Gasteiger partial charge in [0.2, 0.25) is 0 Å². The van der Waals surface area contributed by atoms with Gasteiger partial charge in [0.1, 0.15) is 24.5 Å². The molecule has 1 aromatic rings. The minimum absolute atomic E-state index is 0.0117. The number of hydrogen-bond acceptors (Lipinski definition) is 8. The van der Waals surface area contributed by atoms with Gasteiger partial charge in [-0.15, -0.1) is 0 Å². The second kappa shape index (κ2) is 10.7. The van der Waals surface area contributed by atoms with E-state index in [-0.39, 0.29) is 6.42 Å². The number of rotatable bonds is 13. The number of nitrogens with two attached hydrogens (primary N) is 1. The van der Waals surface area contributed by atoms with E-state index in [2.05, 4.69) is 15.8 Å². The molecule has 2 rings (SSSR count). The Morgan fingerprint density at radius 2 is 1.90 bits per heavy atom. The van der Waals surface area contributed by atoms with Crippen LogP contribution >= 0.6 is 0 Å². The molecule has 0 radical (unpaired) electrons. The molecule has 0 saturated carbocycles. The van der Waals surface area contributed by atoms with Crippen LogP contribution in [-0.2, 0) is 20.8 Å². The molecule has 0 spiro atoms. The molecule has 7 N–H and O–H groups in total. The largest absolute Gasteiger partial charge is 0.480 e. The lowest BCUT2D eigenvalue weighted by Gasteiger charge is -2.25. The smallest absolute Gasteiger partial charge is 0.327 e. The van der Waals surface area contributed by atoms with E-state index >= 15 is 0 Å². The Morgan fingerprint density at radius 3 is 2.52 bits per heavy atom. The number of carbonyl (C=O) groups is 3. The fourth-order valence-corrected chi connectivity index (χ4v) is 3.23. The fourth-order valence-electron chi connectivity index (χ4n) is 3.23. The predicted molar refractivity (Wildman–Crippen MR) is 102 cm³/mol. The highest BCUT2D eigenvalue weighted by molar-refractivity contribution is 5.75. The van der Waals surface area contributed by atoms with Crippen LogP contribution in [0.3, 0.4) is 0 Å². The van der Waals surface area contributed by atoms with E-state index in [0.29, 0.717) is 44.5 Å². The van der Waals surface area contributed by atoms with Crippen molar-refractivity contribution in [2.24, 2.45) is 5.73 Å². The van der Waals surface area contributed by atoms with E-state index in [1.165, 1.54) is 22.2 Å². The number of nitrogens with zero attached hydrogens (tertiary/aromatic N) is 3. The van der Waals surface area contributed by atoms with Gasteiger partial charge in [-0.25, -0.2) is 20.2 Å². The molecule has 1 aliphatic heterocycles. The summed E-state index contributed by atoms with van der Waals surface area (Å²) in [7, 11) is 0. The zero-order valence-electron chi connectivity index (χ0n) is 16.0. The number of aliphatic carboxylic acids is 3. The highest BCUT2D eigenvalue weighted by Crippen LogP contribution is 2.16. The van der Waals surface area contributed by atoms with Crippen molar-refractivity contribution in [2.75, 3.05) is 18.5 Å².